The first-order valence-corrected chi connectivity index (χ1v) is 3.17. The van der Waals surface area contributed by atoms with E-state index in [9.17, 15) is 4.79 Å². The summed E-state index contributed by atoms with van der Waals surface area (Å²) in [6.45, 7) is 1.28. The van der Waals surface area contributed by atoms with Crippen LogP contribution < -0.4 is 0 Å². The minimum Gasteiger partial charge on any atom is -0.481 e. The summed E-state index contributed by atoms with van der Waals surface area (Å²) >= 11 is 0. The van der Waals surface area contributed by atoms with Crippen molar-refractivity contribution in [1.29, 1.82) is 0 Å². The van der Waals surface area contributed by atoms with E-state index in [4.69, 9.17) is 9.84 Å². The maximum Gasteiger partial charge on any atom is 0.303 e. The normalized spacial score (nSPS) is 16.2. The van der Waals surface area contributed by atoms with Crippen LogP contribution >= 0.6 is 0 Å². The van der Waals surface area contributed by atoms with E-state index in [0.29, 0.717) is 25.5 Å². The smallest absolute Gasteiger partial charge is 0.303 e. The predicted molar refractivity (Wildman–Crippen MR) is 35.1 cm³/mol. The van der Waals surface area contributed by atoms with Crippen LogP contribution in [0.2, 0.25) is 0 Å². The Morgan fingerprint density at radius 3 is 3.10 bits per heavy atom. The highest BCUT2D eigenvalue weighted by Gasteiger charge is 2.08. The molecule has 0 saturated carbocycles. The number of carboxylic acids is 1. The standard InChI is InChI=1S/C6H9NO3/c8-6(9)2-1-5-7-3-4-10-5/h1-4H2,(H,8,9). The largest absolute Gasteiger partial charge is 0.481 e. The molecule has 0 aromatic carbocycles. The number of nitrogens with zero attached hydrogens (tertiary/aromatic N) is 1. The van der Waals surface area contributed by atoms with E-state index >= 15 is 0 Å². The molecule has 0 amide bonds. The number of aliphatic imine (C=N–C) groups is 1. The summed E-state index contributed by atoms with van der Waals surface area (Å²) in [5.74, 6) is -0.222. The molecule has 0 aliphatic carbocycles. The first kappa shape index (κ1) is 7.05. The highest BCUT2D eigenvalue weighted by molar-refractivity contribution is 5.81. The average Bonchev–Trinajstić information content (AvgIpc) is 2.34. The molecule has 0 aromatic rings. The fraction of sp³-hybridized carbons (Fsp3) is 0.667. The summed E-state index contributed by atoms with van der Waals surface area (Å²) in [6.07, 6.45) is 0.536. The maximum atomic E-state index is 10.0. The Bertz CT molecular complexity index is 164. The molecule has 1 heterocycles. The van der Waals surface area contributed by atoms with Crippen LogP contribution in [0.1, 0.15) is 12.8 Å². The van der Waals surface area contributed by atoms with Crippen LogP contribution in [0.15, 0.2) is 4.99 Å². The molecule has 4 heteroatoms. The molecular weight excluding hydrogens is 134 g/mol. The number of carboxylic acid groups (broad SMARTS) is 1. The van der Waals surface area contributed by atoms with Crippen LogP contribution in [-0.4, -0.2) is 30.1 Å². The SMILES string of the molecule is O=C(O)CCC1=NCCO1. The molecule has 0 unspecified atom stereocenters. The van der Waals surface area contributed by atoms with Gasteiger partial charge in [-0.25, -0.2) is 0 Å². The first-order valence-electron chi connectivity index (χ1n) is 3.17. The van der Waals surface area contributed by atoms with Crippen molar-refractivity contribution in [3.63, 3.8) is 0 Å². The molecule has 56 valence electrons. The Morgan fingerprint density at radius 2 is 2.60 bits per heavy atom. The van der Waals surface area contributed by atoms with Crippen molar-refractivity contribution in [3.05, 3.63) is 0 Å². The molecule has 1 aliphatic heterocycles. The van der Waals surface area contributed by atoms with Crippen LogP contribution in [0.4, 0.5) is 0 Å². The van der Waals surface area contributed by atoms with Gasteiger partial charge in [0.05, 0.1) is 13.0 Å². The van der Waals surface area contributed by atoms with Gasteiger partial charge in [0.2, 0.25) is 0 Å². The second kappa shape index (κ2) is 3.20. The van der Waals surface area contributed by atoms with Crippen molar-refractivity contribution < 1.29 is 14.6 Å². The monoisotopic (exact) mass is 143 g/mol. The van der Waals surface area contributed by atoms with E-state index in [2.05, 4.69) is 4.99 Å². The van der Waals surface area contributed by atoms with Crippen molar-refractivity contribution in [3.8, 4) is 0 Å². The third-order valence-electron chi connectivity index (χ3n) is 1.20. The lowest BCUT2D eigenvalue weighted by molar-refractivity contribution is -0.136. The fourth-order valence-electron chi connectivity index (χ4n) is 0.745. The van der Waals surface area contributed by atoms with Gasteiger partial charge in [-0.05, 0) is 0 Å². The third kappa shape index (κ3) is 2.05. The second-order valence-electron chi connectivity index (χ2n) is 2.02. The van der Waals surface area contributed by atoms with Gasteiger partial charge < -0.3 is 9.84 Å². The van der Waals surface area contributed by atoms with Gasteiger partial charge in [-0.2, -0.15) is 0 Å². The van der Waals surface area contributed by atoms with Crippen molar-refractivity contribution in [1.82, 2.24) is 0 Å². The van der Waals surface area contributed by atoms with Gasteiger partial charge in [0.1, 0.15) is 6.61 Å². The highest BCUT2D eigenvalue weighted by Crippen LogP contribution is 2.00. The second-order valence-corrected chi connectivity index (χ2v) is 2.02. The van der Waals surface area contributed by atoms with E-state index < -0.39 is 5.97 Å². The summed E-state index contributed by atoms with van der Waals surface area (Å²) in [4.78, 5) is 14.0. The first-order chi connectivity index (χ1) is 4.79. The average molecular weight is 143 g/mol. The zero-order chi connectivity index (χ0) is 7.40. The highest BCUT2D eigenvalue weighted by atomic mass is 16.5. The zero-order valence-electron chi connectivity index (χ0n) is 5.54. The van der Waals surface area contributed by atoms with Gasteiger partial charge in [-0.3, -0.25) is 9.79 Å². The van der Waals surface area contributed by atoms with Gasteiger partial charge in [0, 0.05) is 6.42 Å². The minimum absolute atomic E-state index is 0.110. The lowest BCUT2D eigenvalue weighted by atomic mass is 10.3. The molecule has 1 rings (SSSR count). The molecule has 10 heavy (non-hydrogen) atoms. The van der Waals surface area contributed by atoms with Gasteiger partial charge in [0.15, 0.2) is 5.90 Å². The van der Waals surface area contributed by atoms with Gasteiger partial charge in [-0.15, -0.1) is 0 Å². The zero-order valence-corrected chi connectivity index (χ0v) is 5.54. The third-order valence-corrected chi connectivity index (χ3v) is 1.20. The fourth-order valence-corrected chi connectivity index (χ4v) is 0.745. The van der Waals surface area contributed by atoms with Crippen LogP contribution in [-0.2, 0) is 9.53 Å². The van der Waals surface area contributed by atoms with Crippen molar-refractivity contribution >= 4 is 11.9 Å². The van der Waals surface area contributed by atoms with E-state index in [0.717, 1.165) is 0 Å². The van der Waals surface area contributed by atoms with Crippen molar-refractivity contribution in [2.24, 2.45) is 4.99 Å². The van der Waals surface area contributed by atoms with Gasteiger partial charge in [-0.1, -0.05) is 0 Å². The molecule has 0 atom stereocenters. The molecule has 0 spiro atoms. The summed E-state index contributed by atoms with van der Waals surface area (Å²) in [5, 5.41) is 8.26. The number of hydrogen-bond acceptors (Lipinski definition) is 3. The molecule has 0 aromatic heterocycles. The molecule has 0 fully saturated rings. The van der Waals surface area contributed by atoms with Crippen LogP contribution in [0.25, 0.3) is 0 Å². The Kier molecular flexibility index (Phi) is 2.25. The maximum absolute atomic E-state index is 10.0. The Balaban J connectivity index is 2.19. The van der Waals surface area contributed by atoms with Crippen molar-refractivity contribution in [2.45, 2.75) is 12.8 Å². The van der Waals surface area contributed by atoms with E-state index in [-0.39, 0.29) is 6.42 Å². The van der Waals surface area contributed by atoms with E-state index in [1.165, 1.54) is 0 Å². The number of ether oxygens (including phenoxy) is 1. The summed E-state index contributed by atoms with van der Waals surface area (Å²) in [6, 6.07) is 0. The van der Waals surface area contributed by atoms with Gasteiger partial charge >= 0.3 is 5.97 Å². The van der Waals surface area contributed by atoms with Crippen molar-refractivity contribution in [2.75, 3.05) is 13.2 Å². The summed E-state index contributed by atoms with van der Waals surface area (Å²) < 4.78 is 4.99. The lowest BCUT2D eigenvalue weighted by Crippen LogP contribution is -2.03. The van der Waals surface area contributed by atoms with Crippen LogP contribution in [0, 0.1) is 0 Å². The molecule has 1 aliphatic rings. The summed E-state index contributed by atoms with van der Waals surface area (Å²) in [5.41, 5.74) is 0. The Hall–Kier alpha value is -1.06. The Labute approximate surface area is 58.5 Å². The number of aliphatic carboxylic acids is 1. The number of hydrogen-bond donors (Lipinski definition) is 1. The topological polar surface area (TPSA) is 58.9 Å². The number of rotatable bonds is 3. The quantitative estimate of drug-likeness (QED) is 0.617. The summed E-state index contributed by atoms with van der Waals surface area (Å²) in [7, 11) is 0. The predicted octanol–water partition coefficient (Wildman–Crippen LogP) is 0.280. The molecule has 0 saturated heterocycles. The van der Waals surface area contributed by atoms with Gasteiger partial charge in [0.25, 0.3) is 0 Å². The Morgan fingerprint density at radius 1 is 1.80 bits per heavy atom. The van der Waals surface area contributed by atoms with Crippen LogP contribution in [0.3, 0.4) is 0 Å². The molecule has 0 radical (unpaired) electrons. The lowest BCUT2D eigenvalue weighted by Gasteiger charge is -1.96. The molecule has 1 N–H and O–H groups in total. The van der Waals surface area contributed by atoms with E-state index in [1.807, 2.05) is 0 Å². The molecular formula is C6H9NO3. The van der Waals surface area contributed by atoms with E-state index in [1.54, 1.807) is 0 Å². The van der Waals surface area contributed by atoms with Crippen LogP contribution in [0.5, 0.6) is 0 Å². The number of carbonyl (C=O) groups is 1. The molecule has 4 nitrogen and oxygen atoms in total. The minimum atomic E-state index is -0.807. The molecule has 0 bridgehead atoms.